The third kappa shape index (κ3) is 2.59. The van der Waals surface area contributed by atoms with Crippen molar-refractivity contribution in [1.82, 2.24) is 4.98 Å². The van der Waals surface area contributed by atoms with E-state index >= 15 is 0 Å². The number of carboxylic acid groups (broad SMARTS) is 1. The highest BCUT2D eigenvalue weighted by molar-refractivity contribution is 6.31. The molecule has 1 aromatic rings. The smallest absolute Gasteiger partial charge is 0.307 e. The first kappa shape index (κ1) is 9.80. The van der Waals surface area contributed by atoms with Gasteiger partial charge in [0.25, 0.3) is 0 Å². The van der Waals surface area contributed by atoms with Gasteiger partial charge in [-0.05, 0) is 11.6 Å². The lowest BCUT2D eigenvalue weighted by molar-refractivity contribution is -0.136. The molecule has 0 amide bonds. The van der Waals surface area contributed by atoms with Gasteiger partial charge in [0.2, 0.25) is 5.88 Å². The van der Waals surface area contributed by atoms with Gasteiger partial charge in [0, 0.05) is 6.20 Å². The van der Waals surface area contributed by atoms with E-state index in [1.54, 1.807) is 0 Å². The fourth-order valence-corrected chi connectivity index (χ4v) is 1.15. The maximum Gasteiger partial charge on any atom is 0.307 e. The van der Waals surface area contributed by atoms with E-state index in [0.29, 0.717) is 16.5 Å². The van der Waals surface area contributed by atoms with Gasteiger partial charge in [-0.2, -0.15) is 0 Å². The van der Waals surface area contributed by atoms with Crippen LogP contribution in [0.15, 0.2) is 12.3 Å². The lowest BCUT2D eigenvalue weighted by Crippen LogP contribution is -2.01. The summed E-state index contributed by atoms with van der Waals surface area (Å²) in [5.41, 5.74) is 0.554. The molecule has 0 aromatic carbocycles. The molecule has 13 heavy (non-hydrogen) atoms. The van der Waals surface area contributed by atoms with Crippen LogP contribution in [-0.4, -0.2) is 23.2 Å². The van der Waals surface area contributed by atoms with E-state index in [4.69, 9.17) is 21.4 Å². The minimum absolute atomic E-state index is 0.0866. The average molecular weight is 202 g/mol. The number of hydrogen-bond donors (Lipinski definition) is 1. The van der Waals surface area contributed by atoms with Gasteiger partial charge in [-0.25, -0.2) is 4.98 Å². The molecule has 1 aromatic heterocycles. The predicted molar refractivity (Wildman–Crippen MR) is 47.1 cm³/mol. The summed E-state index contributed by atoms with van der Waals surface area (Å²) in [5.74, 6) is -0.612. The number of halogens is 1. The monoisotopic (exact) mass is 201 g/mol. The maximum absolute atomic E-state index is 10.3. The van der Waals surface area contributed by atoms with Crippen LogP contribution in [0.1, 0.15) is 5.56 Å². The number of carbonyl (C=O) groups is 1. The first-order chi connectivity index (χ1) is 6.13. The first-order valence-corrected chi connectivity index (χ1v) is 3.91. The highest BCUT2D eigenvalue weighted by Gasteiger charge is 2.05. The molecule has 0 radical (unpaired) electrons. The molecular weight excluding hydrogens is 194 g/mol. The zero-order valence-electron chi connectivity index (χ0n) is 6.95. The molecule has 0 aliphatic carbocycles. The number of aliphatic carboxylic acids is 1. The number of rotatable bonds is 3. The predicted octanol–water partition coefficient (Wildman–Crippen LogP) is 1.37. The lowest BCUT2D eigenvalue weighted by Gasteiger charge is -2.02. The van der Waals surface area contributed by atoms with Crippen LogP contribution in [0.5, 0.6) is 5.88 Å². The first-order valence-electron chi connectivity index (χ1n) is 3.53. The third-order valence-electron chi connectivity index (χ3n) is 1.41. The van der Waals surface area contributed by atoms with E-state index < -0.39 is 5.97 Å². The summed E-state index contributed by atoms with van der Waals surface area (Å²) >= 11 is 5.73. The van der Waals surface area contributed by atoms with Crippen LogP contribution < -0.4 is 4.74 Å². The number of nitrogens with zero attached hydrogens (tertiary/aromatic N) is 1. The van der Waals surface area contributed by atoms with E-state index in [2.05, 4.69) is 4.98 Å². The Morgan fingerprint density at radius 2 is 2.46 bits per heavy atom. The van der Waals surface area contributed by atoms with Gasteiger partial charge in [-0.3, -0.25) is 4.79 Å². The Morgan fingerprint density at radius 3 is 2.92 bits per heavy atom. The summed E-state index contributed by atoms with van der Waals surface area (Å²) in [4.78, 5) is 14.2. The van der Waals surface area contributed by atoms with Crippen molar-refractivity contribution in [3.8, 4) is 5.88 Å². The summed E-state index contributed by atoms with van der Waals surface area (Å²) in [6.07, 6.45) is 1.34. The lowest BCUT2D eigenvalue weighted by atomic mass is 10.2. The summed E-state index contributed by atoms with van der Waals surface area (Å²) in [6.45, 7) is 0. The van der Waals surface area contributed by atoms with E-state index in [0.717, 1.165) is 0 Å². The molecule has 4 nitrogen and oxygen atoms in total. The summed E-state index contributed by atoms with van der Waals surface area (Å²) < 4.78 is 4.81. The van der Waals surface area contributed by atoms with Gasteiger partial charge < -0.3 is 9.84 Å². The van der Waals surface area contributed by atoms with Crippen LogP contribution >= 0.6 is 11.6 Å². The second-order valence-electron chi connectivity index (χ2n) is 2.41. The number of pyridine rings is 1. The highest BCUT2D eigenvalue weighted by atomic mass is 35.5. The van der Waals surface area contributed by atoms with Crippen LogP contribution in [0.3, 0.4) is 0 Å². The standard InChI is InChI=1S/C8H8ClNO3/c1-13-8-6(9)2-5(4-10-8)3-7(11)12/h2,4H,3H2,1H3,(H,11,12). The van der Waals surface area contributed by atoms with Crippen molar-refractivity contribution in [2.75, 3.05) is 7.11 Å². The minimum Gasteiger partial charge on any atom is -0.481 e. The van der Waals surface area contributed by atoms with Crippen molar-refractivity contribution in [1.29, 1.82) is 0 Å². The molecule has 0 bridgehead atoms. The Bertz CT molecular complexity index is 327. The van der Waals surface area contributed by atoms with Crippen LogP contribution in [0, 0.1) is 0 Å². The van der Waals surface area contributed by atoms with Crippen LogP contribution in [0.2, 0.25) is 5.02 Å². The molecule has 0 unspecified atom stereocenters. The number of carboxylic acids is 1. The zero-order chi connectivity index (χ0) is 9.84. The van der Waals surface area contributed by atoms with Crippen molar-refractivity contribution in [3.05, 3.63) is 22.8 Å². The molecule has 70 valence electrons. The van der Waals surface area contributed by atoms with Gasteiger partial charge >= 0.3 is 5.97 Å². The van der Waals surface area contributed by atoms with Gasteiger partial charge in [-0.1, -0.05) is 11.6 Å². The largest absolute Gasteiger partial charge is 0.481 e. The van der Waals surface area contributed by atoms with Crippen molar-refractivity contribution in [3.63, 3.8) is 0 Å². The molecule has 0 saturated carbocycles. The van der Waals surface area contributed by atoms with Gasteiger partial charge in [0.05, 0.1) is 13.5 Å². The quantitative estimate of drug-likeness (QED) is 0.803. The van der Waals surface area contributed by atoms with Crippen LogP contribution in [0.4, 0.5) is 0 Å². The summed E-state index contributed by atoms with van der Waals surface area (Å²) in [6, 6.07) is 1.53. The Balaban J connectivity index is 2.89. The number of methoxy groups -OCH3 is 1. The Kier molecular flexibility index (Phi) is 3.08. The highest BCUT2D eigenvalue weighted by Crippen LogP contribution is 2.21. The molecular formula is C8H8ClNO3. The van der Waals surface area contributed by atoms with Gasteiger partial charge in [0.1, 0.15) is 5.02 Å². The minimum atomic E-state index is -0.914. The topological polar surface area (TPSA) is 59.4 Å². The molecule has 0 aliphatic rings. The molecule has 0 fully saturated rings. The fourth-order valence-electron chi connectivity index (χ4n) is 0.886. The molecule has 0 saturated heterocycles. The van der Waals surface area contributed by atoms with Gasteiger partial charge in [0.15, 0.2) is 0 Å². The second-order valence-corrected chi connectivity index (χ2v) is 2.81. The molecule has 1 N–H and O–H groups in total. The number of hydrogen-bond acceptors (Lipinski definition) is 3. The average Bonchev–Trinajstić information content (AvgIpc) is 2.03. The van der Waals surface area contributed by atoms with Crippen LogP contribution in [-0.2, 0) is 11.2 Å². The number of aromatic nitrogens is 1. The van der Waals surface area contributed by atoms with Crippen LogP contribution in [0.25, 0.3) is 0 Å². The third-order valence-corrected chi connectivity index (χ3v) is 1.68. The van der Waals surface area contributed by atoms with Crippen molar-refractivity contribution in [2.24, 2.45) is 0 Å². The zero-order valence-corrected chi connectivity index (χ0v) is 7.71. The molecule has 1 rings (SSSR count). The molecule has 0 spiro atoms. The second kappa shape index (κ2) is 4.09. The van der Waals surface area contributed by atoms with Gasteiger partial charge in [-0.15, -0.1) is 0 Å². The Morgan fingerprint density at radius 1 is 1.77 bits per heavy atom. The normalized spacial score (nSPS) is 9.69. The summed E-state index contributed by atoms with van der Waals surface area (Å²) in [5, 5.41) is 8.80. The van der Waals surface area contributed by atoms with Crippen molar-refractivity contribution in [2.45, 2.75) is 6.42 Å². The van der Waals surface area contributed by atoms with E-state index in [-0.39, 0.29) is 6.42 Å². The number of ether oxygens (including phenoxy) is 1. The fraction of sp³-hybridized carbons (Fsp3) is 0.250. The molecule has 5 heteroatoms. The molecule has 0 aliphatic heterocycles. The Labute approximate surface area is 80.1 Å². The maximum atomic E-state index is 10.3. The van der Waals surface area contributed by atoms with E-state index in [9.17, 15) is 4.79 Å². The summed E-state index contributed by atoms with van der Waals surface area (Å²) in [7, 11) is 1.45. The molecule has 1 heterocycles. The van der Waals surface area contributed by atoms with Crippen molar-refractivity contribution < 1.29 is 14.6 Å². The SMILES string of the molecule is COc1ncc(CC(=O)O)cc1Cl. The van der Waals surface area contributed by atoms with E-state index in [1.807, 2.05) is 0 Å². The van der Waals surface area contributed by atoms with Crippen molar-refractivity contribution >= 4 is 17.6 Å². The van der Waals surface area contributed by atoms with E-state index in [1.165, 1.54) is 19.4 Å². The Hall–Kier alpha value is -1.29. The molecule has 0 atom stereocenters.